The molecule has 1 aromatic heterocycles. The molecule has 0 aliphatic carbocycles. The molecule has 3 rings (SSSR count). The lowest BCUT2D eigenvalue weighted by molar-refractivity contribution is 0.0533. The molecule has 126 valence electrons. The lowest BCUT2D eigenvalue weighted by atomic mass is 10.1. The zero-order valence-corrected chi connectivity index (χ0v) is 14.2. The van der Waals surface area contributed by atoms with Crippen molar-refractivity contribution in [2.45, 2.75) is 19.6 Å². The number of hydrogen-bond acceptors (Lipinski definition) is 4. The van der Waals surface area contributed by atoms with Gasteiger partial charge in [0.2, 0.25) is 5.88 Å². The van der Waals surface area contributed by atoms with Crippen molar-refractivity contribution in [1.29, 1.82) is 0 Å². The molecule has 1 atom stereocenters. The van der Waals surface area contributed by atoms with Gasteiger partial charge >= 0.3 is 0 Å². The van der Waals surface area contributed by atoms with Crippen LogP contribution < -0.4 is 4.74 Å². The Morgan fingerprint density at radius 3 is 2.67 bits per heavy atom. The average Bonchev–Trinajstić information content (AvgIpc) is 2.61. The monoisotopic (exact) mass is 325 g/mol. The van der Waals surface area contributed by atoms with Crippen LogP contribution in [0.4, 0.5) is 0 Å². The highest BCUT2D eigenvalue weighted by Crippen LogP contribution is 2.15. The molecule has 0 unspecified atom stereocenters. The molecule has 2 aromatic rings. The third-order valence-electron chi connectivity index (χ3n) is 4.30. The van der Waals surface area contributed by atoms with Crippen molar-refractivity contribution in [3.05, 3.63) is 59.8 Å². The largest absolute Gasteiger partial charge is 0.473 e. The average molecular weight is 325 g/mol. The second-order valence-corrected chi connectivity index (χ2v) is 6.27. The number of piperazine rings is 1. The predicted octanol–water partition coefficient (Wildman–Crippen LogP) is 2.44. The molecule has 0 saturated carbocycles. The molecule has 1 fully saturated rings. The fourth-order valence-electron chi connectivity index (χ4n) is 2.93. The molecule has 0 N–H and O–H groups in total. The Bertz CT molecular complexity index is 673. The number of likely N-dealkylation sites (N-methyl/N-ethyl adjacent to an activating group) is 1. The van der Waals surface area contributed by atoms with Crippen molar-refractivity contribution >= 4 is 5.91 Å². The smallest absolute Gasteiger partial charge is 0.255 e. The molecule has 0 spiro atoms. The molecule has 1 aliphatic rings. The van der Waals surface area contributed by atoms with Gasteiger partial charge in [-0.25, -0.2) is 4.98 Å². The first kappa shape index (κ1) is 16.5. The van der Waals surface area contributed by atoms with Crippen LogP contribution in [0.5, 0.6) is 5.88 Å². The van der Waals surface area contributed by atoms with Crippen LogP contribution in [0.1, 0.15) is 22.8 Å². The molecule has 1 saturated heterocycles. The number of hydrogen-bond donors (Lipinski definition) is 0. The van der Waals surface area contributed by atoms with E-state index in [1.165, 1.54) is 0 Å². The molecular formula is C19H23N3O2. The first-order valence-electron chi connectivity index (χ1n) is 8.26. The predicted molar refractivity (Wildman–Crippen MR) is 93.0 cm³/mol. The topological polar surface area (TPSA) is 45.7 Å². The van der Waals surface area contributed by atoms with E-state index < -0.39 is 0 Å². The molecular weight excluding hydrogens is 302 g/mol. The van der Waals surface area contributed by atoms with E-state index >= 15 is 0 Å². The summed E-state index contributed by atoms with van der Waals surface area (Å²) in [6, 6.07) is 13.7. The molecule has 1 amide bonds. The van der Waals surface area contributed by atoms with E-state index in [1.807, 2.05) is 35.2 Å². The van der Waals surface area contributed by atoms with Crippen LogP contribution in [0.15, 0.2) is 48.7 Å². The normalized spacial score (nSPS) is 18.4. The van der Waals surface area contributed by atoms with E-state index in [-0.39, 0.29) is 11.9 Å². The molecule has 1 aliphatic heterocycles. The molecule has 0 radical (unpaired) electrons. The number of amides is 1. The van der Waals surface area contributed by atoms with Gasteiger partial charge in [0.25, 0.3) is 5.91 Å². The van der Waals surface area contributed by atoms with Gasteiger partial charge in [-0.2, -0.15) is 0 Å². The summed E-state index contributed by atoms with van der Waals surface area (Å²) in [5.74, 6) is 0.569. The fourth-order valence-corrected chi connectivity index (χ4v) is 2.93. The Hall–Kier alpha value is -2.40. The highest BCUT2D eigenvalue weighted by molar-refractivity contribution is 5.94. The van der Waals surface area contributed by atoms with Gasteiger partial charge in [-0.05, 0) is 25.6 Å². The Balaban J connectivity index is 1.60. The van der Waals surface area contributed by atoms with E-state index in [9.17, 15) is 4.79 Å². The molecule has 2 heterocycles. The zero-order chi connectivity index (χ0) is 16.9. The number of aromatic nitrogens is 1. The van der Waals surface area contributed by atoms with E-state index in [2.05, 4.69) is 23.9 Å². The number of ether oxygens (including phenoxy) is 1. The fraction of sp³-hybridized carbons (Fsp3) is 0.368. The Morgan fingerprint density at radius 2 is 2.00 bits per heavy atom. The summed E-state index contributed by atoms with van der Waals surface area (Å²) in [5, 5.41) is 0. The number of carbonyl (C=O) groups excluding carboxylic acids is 1. The minimum atomic E-state index is 0.0395. The van der Waals surface area contributed by atoms with E-state index in [1.54, 1.807) is 18.3 Å². The third kappa shape index (κ3) is 3.92. The maximum absolute atomic E-state index is 12.6. The zero-order valence-electron chi connectivity index (χ0n) is 14.2. The van der Waals surface area contributed by atoms with Crippen molar-refractivity contribution < 1.29 is 9.53 Å². The Kier molecular flexibility index (Phi) is 5.11. The minimum Gasteiger partial charge on any atom is -0.473 e. The van der Waals surface area contributed by atoms with E-state index in [4.69, 9.17) is 4.74 Å². The van der Waals surface area contributed by atoms with Crippen LogP contribution >= 0.6 is 0 Å². The number of rotatable bonds is 4. The minimum absolute atomic E-state index is 0.0395. The highest BCUT2D eigenvalue weighted by Gasteiger charge is 2.26. The summed E-state index contributed by atoms with van der Waals surface area (Å²) in [6.07, 6.45) is 1.60. The quantitative estimate of drug-likeness (QED) is 0.866. The SMILES string of the molecule is C[C@H]1CN(C)CCN1C(=O)c1ccc(OCc2ccccc2)nc1. The Morgan fingerprint density at radius 1 is 1.21 bits per heavy atom. The van der Waals surface area contributed by atoms with E-state index in [0.29, 0.717) is 18.1 Å². The first-order valence-corrected chi connectivity index (χ1v) is 8.26. The maximum atomic E-state index is 12.6. The van der Waals surface area contributed by atoms with Crippen LogP contribution in [-0.4, -0.2) is 53.4 Å². The van der Waals surface area contributed by atoms with E-state index in [0.717, 1.165) is 25.2 Å². The lowest BCUT2D eigenvalue weighted by Gasteiger charge is -2.38. The first-order chi connectivity index (χ1) is 11.6. The lowest BCUT2D eigenvalue weighted by Crippen LogP contribution is -2.52. The van der Waals surface area contributed by atoms with Gasteiger partial charge in [0, 0.05) is 37.9 Å². The van der Waals surface area contributed by atoms with Crippen molar-refractivity contribution in [2.75, 3.05) is 26.7 Å². The number of nitrogens with zero attached hydrogens (tertiary/aromatic N) is 3. The van der Waals surface area contributed by atoms with Crippen LogP contribution in [0, 0.1) is 0 Å². The van der Waals surface area contributed by atoms with Crippen molar-refractivity contribution in [2.24, 2.45) is 0 Å². The van der Waals surface area contributed by atoms with Gasteiger partial charge < -0.3 is 14.5 Å². The molecule has 1 aromatic carbocycles. The summed E-state index contributed by atoms with van der Waals surface area (Å²) in [4.78, 5) is 21.1. The molecule has 5 nitrogen and oxygen atoms in total. The van der Waals surface area contributed by atoms with Crippen LogP contribution in [0.25, 0.3) is 0 Å². The van der Waals surface area contributed by atoms with Crippen molar-refractivity contribution in [3.8, 4) is 5.88 Å². The molecule has 5 heteroatoms. The Labute approximate surface area is 142 Å². The van der Waals surface area contributed by atoms with Crippen molar-refractivity contribution in [3.63, 3.8) is 0 Å². The third-order valence-corrected chi connectivity index (χ3v) is 4.30. The maximum Gasteiger partial charge on any atom is 0.255 e. The van der Waals surface area contributed by atoms with Gasteiger partial charge in [-0.1, -0.05) is 30.3 Å². The summed E-state index contributed by atoms with van der Waals surface area (Å²) in [5.41, 5.74) is 1.70. The molecule has 0 bridgehead atoms. The molecule has 24 heavy (non-hydrogen) atoms. The summed E-state index contributed by atoms with van der Waals surface area (Å²) in [7, 11) is 2.08. The summed E-state index contributed by atoms with van der Waals surface area (Å²) in [6.45, 7) is 5.11. The van der Waals surface area contributed by atoms with Crippen LogP contribution in [0.2, 0.25) is 0 Å². The number of pyridine rings is 1. The van der Waals surface area contributed by atoms with Crippen molar-refractivity contribution in [1.82, 2.24) is 14.8 Å². The van der Waals surface area contributed by atoms with Crippen LogP contribution in [0.3, 0.4) is 0 Å². The van der Waals surface area contributed by atoms with Crippen LogP contribution in [-0.2, 0) is 6.61 Å². The standard InChI is InChI=1S/C19H23N3O2/c1-15-13-21(2)10-11-22(15)19(23)17-8-9-18(20-12-17)24-14-16-6-4-3-5-7-16/h3-9,12,15H,10-11,13-14H2,1-2H3/t15-/m0/s1. The van der Waals surface area contributed by atoms with Gasteiger partial charge in [-0.3, -0.25) is 4.79 Å². The second kappa shape index (κ2) is 7.45. The summed E-state index contributed by atoms with van der Waals surface area (Å²) >= 11 is 0. The summed E-state index contributed by atoms with van der Waals surface area (Å²) < 4.78 is 5.66. The van der Waals surface area contributed by atoms with Gasteiger partial charge in [0.1, 0.15) is 6.61 Å². The highest BCUT2D eigenvalue weighted by atomic mass is 16.5. The number of benzene rings is 1. The van der Waals surface area contributed by atoms with Gasteiger partial charge in [-0.15, -0.1) is 0 Å². The number of carbonyl (C=O) groups is 1. The second-order valence-electron chi connectivity index (χ2n) is 6.27. The van der Waals surface area contributed by atoms with Gasteiger partial charge in [0.05, 0.1) is 5.56 Å². The van der Waals surface area contributed by atoms with Gasteiger partial charge in [0.15, 0.2) is 0 Å².